The van der Waals surface area contributed by atoms with E-state index in [1.807, 2.05) is 30.3 Å². The first kappa shape index (κ1) is 13.1. The van der Waals surface area contributed by atoms with E-state index in [0.29, 0.717) is 11.2 Å². The van der Waals surface area contributed by atoms with E-state index in [-0.39, 0.29) is 0 Å². The van der Waals surface area contributed by atoms with Crippen LogP contribution in [0.4, 0.5) is 0 Å². The zero-order valence-corrected chi connectivity index (χ0v) is 11.3. The lowest BCUT2D eigenvalue weighted by molar-refractivity contribution is 0.0955. The highest BCUT2D eigenvalue weighted by atomic mass is 16.5. The summed E-state index contributed by atoms with van der Waals surface area (Å²) in [5.41, 5.74) is 4.62. The van der Waals surface area contributed by atoms with Crippen molar-refractivity contribution in [3.05, 3.63) is 48.3 Å². The van der Waals surface area contributed by atoms with Crippen molar-refractivity contribution in [2.45, 2.75) is 0 Å². The molecule has 7 nitrogen and oxygen atoms in total. The molecule has 0 fully saturated rings. The number of hydrogen-bond donors (Lipinski definition) is 2. The Labute approximate surface area is 120 Å². The molecule has 1 amide bonds. The molecule has 0 saturated carbocycles. The third kappa shape index (κ3) is 2.19. The van der Waals surface area contributed by atoms with Gasteiger partial charge in [0, 0.05) is 11.8 Å². The van der Waals surface area contributed by atoms with Gasteiger partial charge in [-0.25, -0.2) is 15.3 Å². The molecule has 106 valence electrons. The maximum Gasteiger partial charge on any atom is 0.270 e. The fourth-order valence-electron chi connectivity index (χ4n) is 2.11. The first-order valence-corrected chi connectivity index (χ1v) is 6.22. The van der Waals surface area contributed by atoms with E-state index in [1.54, 1.807) is 17.8 Å². The molecule has 0 atom stereocenters. The van der Waals surface area contributed by atoms with Crippen molar-refractivity contribution in [2.75, 3.05) is 7.11 Å². The summed E-state index contributed by atoms with van der Waals surface area (Å²) in [4.78, 5) is 15.9. The molecule has 0 unspecified atom stereocenters. The minimum Gasteiger partial charge on any atom is -0.497 e. The van der Waals surface area contributed by atoms with E-state index >= 15 is 0 Å². The van der Waals surface area contributed by atoms with Crippen LogP contribution < -0.4 is 16.0 Å². The monoisotopic (exact) mass is 283 g/mol. The van der Waals surface area contributed by atoms with Crippen LogP contribution in [-0.2, 0) is 0 Å². The number of nitrogens with two attached hydrogens (primary N) is 1. The van der Waals surface area contributed by atoms with E-state index in [0.717, 1.165) is 17.0 Å². The van der Waals surface area contributed by atoms with Gasteiger partial charge in [0.1, 0.15) is 11.3 Å². The number of amides is 1. The molecule has 0 spiro atoms. The Hall–Kier alpha value is -2.93. The molecular weight excluding hydrogens is 270 g/mol. The molecule has 0 aliphatic heterocycles. The van der Waals surface area contributed by atoms with Gasteiger partial charge in [-0.2, -0.15) is 5.10 Å². The Morgan fingerprint density at radius 2 is 2.05 bits per heavy atom. The van der Waals surface area contributed by atoms with Gasteiger partial charge in [-0.15, -0.1) is 0 Å². The summed E-state index contributed by atoms with van der Waals surface area (Å²) in [5.74, 6) is 5.50. The zero-order chi connectivity index (χ0) is 14.8. The maximum absolute atomic E-state index is 11.7. The van der Waals surface area contributed by atoms with Crippen LogP contribution >= 0.6 is 0 Å². The topological polar surface area (TPSA) is 94.5 Å². The molecule has 3 N–H and O–H groups in total. The van der Waals surface area contributed by atoms with Crippen LogP contribution in [0.2, 0.25) is 0 Å². The molecule has 3 aromatic rings. The van der Waals surface area contributed by atoms with Crippen LogP contribution in [0.25, 0.3) is 16.9 Å². The van der Waals surface area contributed by atoms with Crippen molar-refractivity contribution in [3.63, 3.8) is 0 Å². The molecule has 7 heteroatoms. The zero-order valence-electron chi connectivity index (χ0n) is 11.3. The molecular formula is C14H13N5O2. The molecule has 3 rings (SSSR count). The predicted molar refractivity (Wildman–Crippen MR) is 76.6 cm³/mol. The summed E-state index contributed by atoms with van der Waals surface area (Å²) in [6.45, 7) is 0. The summed E-state index contributed by atoms with van der Waals surface area (Å²) in [6.07, 6.45) is 3.07. The van der Waals surface area contributed by atoms with Gasteiger partial charge in [-0.1, -0.05) is 0 Å². The smallest absolute Gasteiger partial charge is 0.270 e. The second-order valence-electron chi connectivity index (χ2n) is 4.33. The molecule has 1 aromatic carbocycles. The van der Waals surface area contributed by atoms with Gasteiger partial charge in [0.25, 0.3) is 5.91 Å². The lowest BCUT2D eigenvalue weighted by Crippen LogP contribution is -2.29. The number of nitrogens with one attached hydrogen (secondary N) is 1. The van der Waals surface area contributed by atoms with Crippen molar-refractivity contribution >= 4 is 11.6 Å². The summed E-state index contributed by atoms with van der Waals surface area (Å²) in [6, 6.07) is 9.37. The lowest BCUT2D eigenvalue weighted by atomic mass is 10.1. The second kappa shape index (κ2) is 5.22. The Kier molecular flexibility index (Phi) is 3.25. The minimum absolute atomic E-state index is 0.327. The van der Waals surface area contributed by atoms with Gasteiger partial charge in [0.2, 0.25) is 0 Å². The minimum atomic E-state index is -0.426. The summed E-state index contributed by atoms with van der Waals surface area (Å²) in [7, 11) is 1.62. The number of ether oxygens (including phenoxy) is 1. The standard InChI is InChI=1S/C14H13N5O2/c1-21-10-4-2-9(3-5-10)12-6-7-16-13-11(14(20)18-15)8-17-19(12)13/h2-8H,15H2,1H3,(H,18,20). The fourth-order valence-corrected chi connectivity index (χ4v) is 2.11. The number of hydrazine groups is 1. The van der Waals surface area contributed by atoms with E-state index in [4.69, 9.17) is 10.6 Å². The summed E-state index contributed by atoms with van der Waals surface area (Å²) < 4.78 is 6.74. The number of rotatable bonds is 3. The van der Waals surface area contributed by atoms with Gasteiger partial charge >= 0.3 is 0 Å². The number of carbonyl (C=O) groups is 1. The number of benzene rings is 1. The Morgan fingerprint density at radius 1 is 1.29 bits per heavy atom. The van der Waals surface area contributed by atoms with Crippen molar-refractivity contribution < 1.29 is 9.53 Å². The SMILES string of the molecule is COc1ccc(-c2ccnc3c(C(=O)NN)cnn23)cc1. The highest BCUT2D eigenvalue weighted by Gasteiger charge is 2.15. The van der Waals surface area contributed by atoms with Gasteiger partial charge in [0.05, 0.1) is 19.0 Å². The van der Waals surface area contributed by atoms with Gasteiger partial charge in [-0.3, -0.25) is 10.2 Å². The lowest BCUT2D eigenvalue weighted by Gasteiger charge is -2.06. The van der Waals surface area contributed by atoms with Crippen LogP contribution in [0.5, 0.6) is 5.75 Å². The van der Waals surface area contributed by atoms with E-state index in [9.17, 15) is 4.79 Å². The number of nitrogen functional groups attached to an aromatic ring is 1. The van der Waals surface area contributed by atoms with E-state index in [2.05, 4.69) is 15.5 Å². The molecule has 2 aromatic heterocycles. The Morgan fingerprint density at radius 3 is 2.71 bits per heavy atom. The van der Waals surface area contributed by atoms with Gasteiger partial charge in [0.15, 0.2) is 5.65 Å². The quantitative estimate of drug-likeness (QED) is 0.425. The maximum atomic E-state index is 11.7. The average molecular weight is 283 g/mol. The normalized spacial score (nSPS) is 10.6. The van der Waals surface area contributed by atoms with Crippen molar-refractivity contribution in [1.29, 1.82) is 0 Å². The average Bonchev–Trinajstić information content (AvgIpc) is 2.98. The van der Waals surface area contributed by atoms with Crippen LogP contribution in [0.3, 0.4) is 0 Å². The largest absolute Gasteiger partial charge is 0.497 e. The molecule has 2 heterocycles. The van der Waals surface area contributed by atoms with E-state index in [1.165, 1.54) is 6.20 Å². The Bertz CT molecular complexity index is 795. The van der Waals surface area contributed by atoms with Gasteiger partial charge < -0.3 is 4.74 Å². The second-order valence-corrected chi connectivity index (χ2v) is 4.33. The first-order valence-electron chi connectivity index (χ1n) is 6.22. The van der Waals surface area contributed by atoms with E-state index < -0.39 is 5.91 Å². The highest BCUT2D eigenvalue weighted by molar-refractivity contribution is 5.99. The highest BCUT2D eigenvalue weighted by Crippen LogP contribution is 2.23. The molecule has 0 saturated heterocycles. The summed E-state index contributed by atoms with van der Waals surface area (Å²) in [5, 5.41) is 4.21. The third-order valence-electron chi connectivity index (χ3n) is 3.16. The number of methoxy groups -OCH3 is 1. The van der Waals surface area contributed by atoms with Crippen molar-refractivity contribution in [3.8, 4) is 17.0 Å². The Balaban J connectivity index is 2.14. The number of carbonyl (C=O) groups excluding carboxylic acids is 1. The summed E-state index contributed by atoms with van der Waals surface area (Å²) >= 11 is 0. The number of aromatic nitrogens is 3. The predicted octanol–water partition coefficient (Wildman–Crippen LogP) is 1.01. The van der Waals surface area contributed by atoms with Crippen LogP contribution in [0.1, 0.15) is 10.4 Å². The van der Waals surface area contributed by atoms with Crippen molar-refractivity contribution in [2.24, 2.45) is 5.84 Å². The van der Waals surface area contributed by atoms with Crippen LogP contribution in [0, 0.1) is 0 Å². The molecule has 0 aliphatic rings. The first-order chi connectivity index (χ1) is 10.2. The molecule has 0 aliphatic carbocycles. The molecule has 0 bridgehead atoms. The van der Waals surface area contributed by atoms with Gasteiger partial charge in [-0.05, 0) is 30.3 Å². The van der Waals surface area contributed by atoms with Crippen LogP contribution in [0.15, 0.2) is 42.7 Å². The van der Waals surface area contributed by atoms with Crippen LogP contribution in [-0.4, -0.2) is 27.6 Å². The molecule has 0 radical (unpaired) electrons. The van der Waals surface area contributed by atoms with Crippen molar-refractivity contribution in [1.82, 2.24) is 20.0 Å². The molecule has 21 heavy (non-hydrogen) atoms. The number of hydrogen-bond acceptors (Lipinski definition) is 5. The number of fused-ring (bicyclic) bond motifs is 1. The fraction of sp³-hybridized carbons (Fsp3) is 0.0714. The third-order valence-corrected chi connectivity index (χ3v) is 3.16. The number of nitrogens with zero attached hydrogens (tertiary/aromatic N) is 3.